The smallest absolute Gasteiger partial charge is 0.147 e. The van der Waals surface area contributed by atoms with E-state index < -0.39 is 0 Å². The zero-order valence-corrected chi connectivity index (χ0v) is 14.7. The number of benzene rings is 3. The molecule has 0 aliphatic heterocycles. The van der Waals surface area contributed by atoms with Gasteiger partial charge in [-0.15, -0.1) is 0 Å². The summed E-state index contributed by atoms with van der Waals surface area (Å²) in [4.78, 5) is 7.90. The predicted molar refractivity (Wildman–Crippen MR) is 103 cm³/mol. The maximum absolute atomic E-state index is 5.96. The van der Waals surface area contributed by atoms with Crippen molar-refractivity contribution in [3.8, 4) is 11.5 Å². The van der Waals surface area contributed by atoms with E-state index in [2.05, 4.69) is 9.97 Å². The Morgan fingerprint density at radius 2 is 1.62 bits per heavy atom. The van der Waals surface area contributed by atoms with Crippen LogP contribution >= 0.6 is 11.6 Å². The summed E-state index contributed by atoms with van der Waals surface area (Å²) in [6, 6.07) is 23.2. The highest BCUT2D eigenvalue weighted by molar-refractivity contribution is 6.30. The van der Waals surface area contributed by atoms with Crippen molar-refractivity contribution in [2.24, 2.45) is 0 Å². The van der Waals surface area contributed by atoms with Gasteiger partial charge in [0.25, 0.3) is 0 Å². The zero-order chi connectivity index (χ0) is 17.8. The lowest BCUT2D eigenvalue weighted by atomic mass is 10.2. The van der Waals surface area contributed by atoms with Crippen LogP contribution in [0.1, 0.15) is 11.4 Å². The largest absolute Gasteiger partial charge is 0.487 e. The van der Waals surface area contributed by atoms with E-state index in [1.54, 1.807) is 12.1 Å². The second kappa shape index (κ2) is 7.50. The fraction of sp³-hybridized carbons (Fsp3) is 0.0952. The molecule has 4 aromatic rings. The Kier molecular flexibility index (Phi) is 4.75. The number of aromatic amines is 1. The van der Waals surface area contributed by atoms with Crippen molar-refractivity contribution in [3.05, 3.63) is 89.2 Å². The van der Waals surface area contributed by atoms with E-state index in [1.165, 1.54) is 0 Å². The molecule has 1 N–H and O–H groups in total. The fourth-order valence-electron chi connectivity index (χ4n) is 2.66. The van der Waals surface area contributed by atoms with E-state index in [-0.39, 0.29) is 0 Å². The summed E-state index contributed by atoms with van der Waals surface area (Å²) in [5.74, 6) is 2.24. The van der Waals surface area contributed by atoms with Gasteiger partial charge < -0.3 is 14.5 Å². The van der Waals surface area contributed by atoms with Gasteiger partial charge in [-0.1, -0.05) is 48.0 Å². The van der Waals surface area contributed by atoms with E-state index in [1.807, 2.05) is 60.7 Å². The van der Waals surface area contributed by atoms with Crippen LogP contribution in [0.3, 0.4) is 0 Å². The lowest BCUT2D eigenvalue weighted by Crippen LogP contribution is -1.97. The molecule has 0 unspecified atom stereocenters. The van der Waals surface area contributed by atoms with Crippen LogP contribution in [0.2, 0.25) is 5.02 Å². The van der Waals surface area contributed by atoms with Gasteiger partial charge in [0.1, 0.15) is 36.1 Å². The van der Waals surface area contributed by atoms with E-state index in [9.17, 15) is 0 Å². The molecule has 0 aliphatic carbocycles. The first kappa shape index (κ1) is 16.5. The van der Waals surface area contributed by atoms with Crippen LogP contribution in [-0.4, -0.2) is 9.97 Å². The Labute approximate surface area is 156 Å². The van der Waals surface area contributed by atoms with E-state index >= 15 is 0 Å². The first-order chi connectivity index (χ1) is 12.8. The lowest BCUT2D eigenvalue weighted by molar-refractivity contribution is 0.297. The Morgan fingerprint density at radius 1 is 0.808 bits per heavy atom. The molecule has 0 radical (unpaired) electrons. The highest BCUT2D eigenvalue weighted by atomic mass is 35.5. The molecule has 130 valence electrons. The number of nitrogens with one attached hydrogen (secondary N) is 1. The average Bonchev–Trinajstić information content (AvgIpc) is 3.10. The Morgan fingerprint density at radius 3 is 2.42 bits per heavy atom. The molecular formula is C21H17ClN2O2. The van der Waals surface area contributed by atoms with Gasteiger partial charge in [0.15, 0.2) is 0 Å². The summed E-state index contributed by atoms with van der Waals surface area (Å²) in [6.07, 6.45) is 0. The van der Waals surface area contributed by atoms with Gasteiger partial charge in [-0.2, -0.15) is 0 Å². The van der Waals surface area contributed by atoms with Crippen LogP contribution in [0, 0.1) is 0 Å². The molecule has 0 atom stereocenters. The number of ether oxygens (including phenoxy) is 2. The molecule has 0 saturated carbocycles. The maximum Gasteiger partial charge on any atom is 0.147 e. The Balaban J connectivity index is 1.48. The van der Waals surface area contributed by atoms with Crippen molar-refractivity contribution in [2.75, 3.05) is 0 Å². The Bertz CT molecular complexity index is 998. The number of para-hydroxylation sites is 1. The predicted octanol–water partition coefficient (Wildman–Crippen LogP) is 5.37. The lowest BCUT2D eigenvalue weighted by Gasteiger charge is -2.06. The van der Waals surface area contributed by atoms with E-state index in [4.69, 9.17) is 21.1 Å². The number of aromatic nitrogens is 2. The van der Waals surface area contributed by atoms with Crippen molar-refractivity contribution in [3.63, 3.8) is 0 Å². The summed E-state index contributed by atoms with van der Waals surface area (Å²) in [6.45, 7) is 0.845. The third-order valence-corrected chi connectivity index (χ3v) is 4.20. The minimum Gasteiger partial charge on any atom is -0.487 e. The molecule has 1 heterocycles. The normalized spacial score (nSPS) is 10.8. The standard InChI is InChI=1S/C21H17ClN2O2/c22-16-9-11-17(12-10-16)25-14-20-23-18-7-4-8-19(21(18)24-20)26-13-15-5-2-1-3-6-15/h1-12H,13-14H2,(H,23,24). The van der Waals surface area contributed by atoms with Gasteiger partial charge in [-0.25, -0.2) is 4.98 Å². The molecule has 4 nitrogen and oxygen atoms in total. The number of halogens is 1. The third-order valence-electron chi connectivity index (χ3n) is 3.95. The molecule has 5 heteroatoms. The third kappa shape index (κ3) is 3.81. The topological polar surface area (TPSA) is 47.1 Å². The summed E-state index contributed by atoms with van der Waals surface area (Å²) in [5, 5.41) is 0.682. The monoisotopic (exact) mass is 364 g/mol. The molecule has 0 amide bonds. The second-order valence-corrected chi connectivity index (χ2v) is 6.29. The van der Waals surface area contributed by atoms with E-state index in [0.717, 1.165) is 33.9 Å². The SMILES string of the molecule is Clc1ccc(OCc2nc3c(OCc4ccccc4)cccc3[nH]2)cc1. The molecule has 0 fully saturated rings. The first-order valence-electron chi connectivity index (χ1n) is 8.30. The van der Waals surface area contributed by atoms with Gasteiger partial charge in [0.2, 0.25) is 0 Å². The van der Waals surface area contributed by atoms with Gasteiger partial charge in [-0.3, -0.25) is 0 Å². The van der Waals surface area contributed by atoms with Gasteiger partial charge >= 0.3 is 0 Å². The number of fused-ring (bicyclic) bond motifs is 1. The summed E-state index contributed by atoms with van der Waals surface area (Å²) >= 11 is 5.89. The maximum atomic E-state index is 5.96. The number of H-pyrrole nitrogens is 1. The van der Waals surface area contributed by atoms with Crippen molar-refractivity contribution < 1.29 is 9.47 Å². The van der Waals surface area contributed by atoms with Gasteiger partial charge in [-0.05, 0) is 42.0 Å². The zero-order valence-electron chi connectivity index (χ0n) is 14.0. The molecular weight excluding hydrogens is 348 g/mol. The molecule has 4 rings (SSSR count). The molecule has 26 heavy (non-hydrogen) atoms. The van der Waals surface area contributed by atoms with Crippen molar-refractivity contribution in [2.45, 2.75) is 13.2 Å². The molecule has 3 aromatic carbocycles. The van der Waals surface area contributed by atoms with Crippen LogP contribution in [0.25, 0.3) is 11.0 Å². The molecule has 0 saturated heterocycles. The summed E-state index contributed by atoms with van der Waals surface area (Å²) < 4.78 is 11.7. The van der Waals surface area contributed by atoms with Crippen LogP contribution in [0.15, 0.2) is 72.8 Å². The number of hydrogen-bond acceptors (Lipinski definition) is 3. The average molecular weight is 365 g/mol. The number of rotatable bonds is 6. The number of nitrogens with zero attached hydrogens (tertiary/aromatic N) is 1. The van der Waals surface area contributed by atoms with Crippen LogP contribution in [-0.2, 0) is 13.2 Å². The first-order valence-corrected chi connectivity index (χ1v) is 8.68. The fourth-order valence-corrected chi connectivity index (χ4v) is 2.79. The molecule has 0 spiro atoms. The van der Waals surface area contributed by atoms with Crippen molar-refractivity contribution >= 4 is 22.6 Å². The Hall–Kier alpha value is -2.98. The summed E-state index contributed by atoms with van der Waals surface area (Å²) in [5.41, 5.74) is 2.84. The van der Waals surface area contributed by atoms with Crippen molar-refractivity contribution in [1.29, 1.82) is 0 Å². The molecule has 0 bridgehead atoms. The second-order valence-electron chi connectivity index (χ2n) is 5.85. The van der Waals surface area contributed by atoms with Gasteiger partial charge in [0.05, 0.1) is 5.52 Å². The van der Waals surface area contributed by atoms with E-state index in [0.29, 0.717) is 18.2 Å². The van der Waals surface area contributed by atoms with Gasteiger partial charge in [0, 0.05) is 5.02 Å². The number of imidazole rings is 1. The van der Waals surface area contributed by atoms with Crippen LogP contribution < -0.4 is 9.47 Å². The minimum absolute atomic E-state index is 0.342. The highest BCUT2D eigenvalue weighted by Gasteiger charge is 2.09. The highest BCUT2D eigenvalue weighted by Crippen LogP contribution is 2.25. The van der Waals surface area contributed by atoms with Crippen LogP contribution in [0.5, 0.6) is 11.5 Å². The number of hydrogen-bond donors (Lipinski definition) is 1. The minimum atomic E-state index is 0.342. The molecule has 1 aromatic heterocycles. The summed E-state index contributed by atoms with van der Waals surface area (Å²) in [7, 11) is 0. The van der Waals surface area contributed by atoms with Crippen LogP contribution in [0.4, 0.5) is 0 Å². The quantitative estimate of drug-likeness (QED) is 0.500. The molecule has 0 aliphatic rings. The van der Waals surface area contributed by atoms with Crippen molar-refractivity contribution in [1.82, 2.24) is 9.97 Å².